The predicted molar refractivity (Wildman–Crippen MR) is 77.3 cm³/mol. The first kappa shape index (κ1) is 13.3. The molecule has 18 heavy (non-hydrogen) atoms. The second-order valence-corrected chi connectivity index (χ2v) is 5.16. The van der Waals surface area contributed by atoms with Crippen LogP contribution in [0.5, 0.6) is 0 Å². The second kappa shape index (κ2) is 6.14. The first-order chi connectivity index (χ1) is 8.72. The summed E-state index contributed by atoms with van der Waals surface area (Å²) < 4.78 is 1.00. The molecular formula is C15H16BrNO. The molecule has 0 amide bonds. The number of hydrogen-bond donors (Lipinski definition) is 2. The van der Waals surface area contributed by atoms with Crippen molar-refractivity contribution in [2.24, 2.45) is 5.73 Å². The van der Waals surface area contributed by atoms with Gasteiger partial charge in [0, 0.05) is 16.9 Å². The van der Waals surface area contributed by atoms with Gasteiger partial charge in [-0.2, -0.15) is 0 Å². The largest absolute Gasteiger partial charge is 0.388 e. The van der Waals surface area contributed by atoms with Crippen LogP contribution in [0.3, 0.4) is 0 Å². The smallest absolute Gasteiger partial charge is 0.0870 e. The van der Waals surface area contributed by atoms with E-state index in [0.717, 1.165) is 15.6 Å². The first-order valence-corrected chi connectivity index (χ1v) is 6.70. The summed E-state index contributed by atoms with van der Waals surface area (Å²) in [5, 5.41) is 10.4. The number of rotatable bonds is 4. The van der Waals surface area contributed by atoms with Gasteiger partial charge in [0.15, 0.2) is 0 Å². The van der Waals surface area contributed by atoms with Crippen molar-refractivity contribution in [1.82, 2.24) is 0 Å². The Morgan fingerprint density at radius 3 is 2.11 bits per heavy atom. The van der Waals surface area contributed by atoms with Gasteiger partial charge in [0.1, 0.15) is 0 Å². The molecule has 0 aromatic heterocycles. The lowest BCUT2D eigenvalue weighted by atomic mass is 9.89. The van der Waals surface area contributed by atoms with Crippen LogP contribution in [0.25, 0.3) is 0 Å². The van der Waals surface area contributed by atoms with Crippen LogP contribution in [0.4, 0.5) is 0 Å². The lowest BCUT2D eigenvalue weighted by Crippen LogP contribution is -2.20. The molecule has 2 aromatic carbocycles. The van der Waals surface area contributed by atoms with E-state index in [9.17, 15) is 5.11 Å². The molecule has 2 nitrogen and oxygen atoms in total. The number of aliphatic hydroxyl groups is 1. The van der Waals surface area contributed by atoms with Crippen molar-refractivity contribution in [1.29, 1.82) is 0 Å². The summed E-state index contributed by atoms with van der Waals surface area (Å²) in [6.45, 7) is 0.418. The maximum absolute atomic E-state index is 10.4. The molecule has 0 aliphatic heterocycles. The zero-order valence-corrected chi connectivity index (χ0v) is 11.5. The fourth-order valence-corrected chi connectivity index (χ4v) is 2.30. The second-order valence-electron chi connectivity index (χ2n) is 4.25. The van der Waals surface area contributed by atoms with E-state index in [1.807, 2.05) is 54.6 Å². The average Bonchev–Trinajstić information content (AvgIpc) is 2.41. The predicted octanol–water partition coefficient (Wildman–Crippen LogP) is 3.23. The molecule has 0 saturated carbocycles. The van der Waals surface area contributed by atoms with Gasteiger partial charge in [0.25, 0.3) is 0 Å². The summed E-state index contributed by atoms with van der Waals surface area (Å²) >= 11 is 3.39. The van der Waals surface area contributed by atoms with E-state index in [1.54, 1.807) is 0 Å². The standard InChI is InChI=1S/C15H16BrNO/c16-13-8-6-12(7-9-13)15(18)14(10-17)11-4-2-1-3-5-11/h1-9,14-15,18H,10,17H2. The Labute approximate surface area is 116 Å². The van der Waals surface area contributed by atoms with Gasteiger partial charge in [-0.15, -0.1) is 0 Å². The SMILES string of the molecule is NCC(c1ccccc1)C(O)c1ccc(Br)cc1. The molecule has 0 aliphatic rings. The van der Waals surface area contributed by atoms with Crippen molar-refractivity contribution >= 4 is 15.9 Å². The van der Waals surface area contributed by atoms with Gasteiger partial charge in [0.05, 0.1) is 6.10 Å². The normalized spacial score (nSPS) is 14.2. The van der Waals surface area contributed by atoms with Crippen molar-refractivity contribution in [2.45, 2.75) is 12.0 Å². The molecule has 2 atom stereocenters. The Hall–Kier alpha value is -1.16. The molecule has 0 heterocycles. The third kappa shape index (κ3) is 2.99. The Morgan fingerprint density at radius 2 is 1.56 bits per heavy atom. The highest BCUT2D eigenvalue weighted by molar-refractivity contribution is 9.10. The zero-order chi connectivity index (χ0) is 13.0. The van der Waals surface area contributed by atoms with Crippen LogP contribution in [0.15, 0.2) is 59.1 Å². The van der Waals surface area contributed by atoms with E-state index in [0.29, 0.717) is 6.54 Å². The minimum absolute atomic E-state index is 0.0765. The molecule has 2 rings (SSSR count). The highest BCUT2D eigenvalue weighted by Crippen LogP contribution is 2.30. The maximum atomic E-state index is 10.4. The summed E-state index contributed by atoms with van der Waals surface area (Å²) in [7, 11) is 0. The van der Waals surface area contributed by atoms with E-state index in [1.165, 1.54) is 0 Å². The summed E-state index contributed by atoms with van der Waals surface area (Å²) in [6.07, 6.45) is -0.578. The van der Waals surface area contributed by atoms with E-state index in [4.69, 9.17) is 5.73 Å². The van der Waals surface area contributed by atoms with Gasteiger partial charge < -0.3 is 10.8 Å². The summed E-state index contributed by atoms with van der Waals surface area (Å²) in [6, 6.07) is 17.6. The number of halogens is 1. The van der Waals surface area contributed by atoms with E-state index < -0.39 is 6.10 Å². The lowest BCUT2D eigenvalue weighted by molar-refractivity contribution is 0.147. The quantitative estimate of drug-likeness (QED) is 0.911. The van der Waals surface area contributed by atoms with Crippen LogP contribution >= 0.6 is 15.9 Å². The van der Waals surface area contributed by atoms with Gasteiger partial charge in [-0.3, -0.25) is 0 Å². The minimum Gasteiger partial charge on any atom is -0.388 e. The molecular weight excluding hydrogens is 290 g/mol. The monoisotopic (exact) mass is 305 g/mol. The zero-order valence-electron chi connectivity index (χ0n) is 9.96. The lowest BCUT2D eigenvalue weighted by Gasteiger charge is -2.22. The number of benzene rings is 2. The van der Waals surface area contributed by atoms with E-state index in [2.05, 4.69) is 15.9 Å². The molecule has 0 fully saturated rings. The summed E-state index contributed by atoms with van der Waals surface area (Å²) in [5.41, 5.74) is 7.76. The fourth-order valence-electron chi connectivity index (χ4n) is 2.04. The van der Waals surface area contributed by atoms with Crippen molar-refractivity contribution in [3.05, 3.63) is 70.2 Å². The van der Waals surface area contributed by atoms with Crippen LogP contribution in [0.2, 0.25) is 0 Å². The first-order valence-electron chi connectivity index (χ1n) is 5.91. The average molecular weight is 306 g/mol. The van der Waals surface area contributed by atoms with Crippen molar-refractivity contribution in [3.63, 3.8) is 0 Å². The van der Waals surface area contributed by atoms with Crippen LogP contribution in [0.1, 0.15) is 23.1 Å². The third-order valence-electron chi connectivity index (χ3n) is 3.07. The Balaban J connectivity index is 2.25. The maximum Gasteiger partial charge on any atom is 0.0870 e. The number of nitrogens with two attached hydrogens (primary N) is 1. The van der Waals surface area contributed by atoms with Crippen LogP contribution in [0, 0.1) is 0 Å². The molecule has 0 aliphatic carbocycles. The topological polar surface area (TPSA) is 46.2 Å². The minimum atomic E-state index is -0.578. The highest BCUT2D eigenvalue weighted by atomic mass is 79.9. The summed E-state index contributed by atoms with van der Waals surface area (Å²) in [5.74, 6) is -0.0765. The molecule has 3 heteroatoms. The molecule has 94 valence electrons. The fraction of sp³-hybridized carbons (Fsp3) is 0.200. The van der Waals surface area contributed by atoms with Gasteiger partial charge in [-0.1, -0.05) is 58.4 Å². The van der Waals surface area contributed by atoms with Crippen LogP contribution in [-0.2, 0) is 0 Å². The molecule has 0 radical (unpaired) electrons. The Bertz CT molecular complexity index is 484. The van der Waals surface area contributed by atoms with Crippen molar-refractivity contribution < 1.29 is 5.11 Å². The van der Waals surface area contributed by atoms with E-state index in [-0.39, 0.29) is 5.92 Å². The highest BCUT2D eigenvalue weighted by Gasteiger charge is 2.21. The van der Waals surface area contributed by atoms with Gasteiger partial charge in [-0.05, 0) is 23.3 Å². The van der Waals surface area contributed by atoms with Gasteiger partial charge in [0.2, 0.25) is 0 Å². The van der Waals surface area contributed by atoms with Crippen LogP contribution < -0.4 is 5.73 Å². The number of aliphatic hydroxyl groups excluding tert-OH is 1. The van der Waals surface area contributed by atoms with Crippen LogP contribution in [-0.4, -0.2) is 11.7 Å². The Morgan fingerprint density at radius 1 is 0.944 bits per heavy atom. The molecule has 0 spiro atoms. The summed E-state index contributed by atoms with van der Waals surface area (Å²) in [4.78, 5) is 0. The van der Waals surface area contributed by atoms with Crippen molar-refractivity contribution in [3.8, 4) is 0 Å². The number of hydrogen-bond acceptors (Lipinski definition) is 2. The van der Waals surface area contributed by atoms with Crippen molar-refractivity contribution in [2.75, 3.05) is 6.54 Å². The molecule has 2 unspecified atom stereocenters. The molecule has 0 saturated heterocycles. The molecule has 2 aromatic rings. The third-order valence-corrected chi connectivity index (χ3v) is 3.60. The van der Waals surface area contributed by atoms with E-state index >= 15 is 0 Å². The van der Waals surface area contributed by atoms with Gasteiger partial charge >= 0.3 is 0 Å². The Kier molecular flexibility index (Phi) is 4.53. The molecule has 0 bridgehead atoms. The van der Waals surface area contributed by atoms with Gasteiger partial charge in [-0.25, -0.2) is 0 Å². The molecule has 3 N–H and O–H groups in total.